The summed E-state index contributed by atoms with van der Waals surface area (Å²) in [7, 11) is -3.74. The first-order valence-electron chi connectivity index (χ1n) is 9.87. The number of nitro benzene ring substituents is 1. The van der Waals surface area contributed by atoms with Crippen LogP contribution in [0.15, 0.2) is 39.9 Å². The van der Waals surface area contributed by atoms with Crippen molar-refractivity contribution in [2.45, 2.75) is 31.1 Å². The first-order chi connectivity index (χ1) is 15.3. The zero-order valence-corrected chi connectivity index (χ0v) is 19.6. The van der Waals surface area contributed by atoms with E-state index in [0.29, 0.717) is 29.9 Å². The van der Waals surface area contributed by atoms with Crippen LogP contribution in [-0.4, -0.2) is 41.6 Å². The number of thiophene rings is 1. The zero-order chi connectivity index (χ0) is 22.9. The van der Waals surface area contributed by atoms with Gasteiger partial charge in [-0.05, 0) is 31.2 Å². The number of nitrogens with one attached hydrogen (secondary N) is 1. The Balaban J connectivity index is 1.55. The molecular weight excluding hydrogens is 472 g/mol. The van der Waals surface area contributed by atoms with Crippen LogP contribution < -0.4 is 5.32 Å². The van der Waals surface area contributed by atoms with Gasteiger partial charge in [-0.15, -0.1) is 22.7 Å². The average molecular weight is 493 g/mol. The number of benzene rings is 1. The zero-order valence-electron chi connectivity index (χ0n) is 17.1. The van der Waals surface area contributed by atoms with Gasteiger partial charge in [-0.3, -0.25) is 20.2 Å². The van der Waals surface area contributed by atoms with Gasteiger partial charge in [-0.2, -0.15) is 4.31 Å². The van der Waals surface area contributed by atoms with E-state index in [1.54, 1.807) is 29.8 Å². The number of carbonyl (C=O) groups is 1. The summed E-state index contributed by atoms with van der Waals surface area (Å²) in [6.07, 6.45) is 2.62. The number of nitrogens with zero attached hydrogens (tertiary/aromatic N) is 3. The van der Waals surface area contributed by atoms with E-state index in [4.69, 9.17) is 0 Å². The molecule has 0 radical (unpaired) electrons. The fraction of sp³-hybridized carbons (Fsp3) is 0.300. The number of nitro groups is 1. The molecule has 1 aliphatic heterocycles. The first-order valence-corrected chi connectivity index (χ1v) is 13.1. The second-order valence-electron chi connectivity index (χ2n) is 7.33. The fourth-order valence-electron chi connectivity index (χ4n) is 3.49. The summed E-state index contributed by atoms with van der Waals surface area (Å²) in [5.74, 6) is -0.550. The van der Waals surface area contributed by atoms with Gasteiger partial charge in [0.25, 0.3) is 11.6 Å². The maximum atomic E-state index is 13.0. The molecule has 9 nitrogen and oxygen atoms in total. The van der Waals surface area contributed by atoms with Crippen LogP contribution in [0.5, 0.6) is 0 Å². The van der Waals surface area contributed by atoms with Crippen molar-refractivity contribution in [3.63, 3.8) is 0 Å². The summed E-state index contributed by atoms with van der Waals surface area (Å²) in [4.78, 5) is 28.1. The van der Waals surface area contributed by atoms with Crippen LogP contribution in [0.25, 0.3) is 11.3 Å². The van der Waals surface area contributed by atoms with Crippen LogP contribution in [0.4, 0.5) is 10.8 Å². The molecule has 1 N–H and O–H groups in total. The lowest BCUT2D eigenvalue weighted by Gasteiger charge is -2.25. The number of carbonyl (C=O) groups excluding carboxylic acids is 1. The quantitative estimate of drug-likeness (QED) is 0.399. The summed E-state index contributed by atoms with van der Waals surface area (Å²) in [6, 6.07) is 6.28. The number of piperidine rings is 1. The van der Waals surface area contributed by atoms with E-state index in [1.165, 1.54) is 16.4 Å². The molecule has 2 aromatic heterocycles. The van der Waals surface area contributed by atoms with E-state index in [1.807, 2.05) is 0 Å². The van der Waals surface area contributed by atoms with Gasteiger partial charge in [0.2, 0.25) is 10.0 Å². The number of aromatic nitrogens is 1. The lowest BCUT2D eigenvalue weighted by Crippen LogP contribution is -2.36. The predicted octanol–water partition coefficient (Wildman–Crippen LogP) is 4.52. The number of rotatable bonds is 6. The highest BCUT2D eigenvalue weighted by Crippen LogP contribution is 2.31. The fourth-order valence-corrected chi connectivity index (χ4v) is 7.02. The van der Waals surface area contributed by atoms with Crippen molar-refractivity contribution in [1.82, 2.24) is 9.29 Å². The number of amides is 1. The second kappa shape index (κ2) is 9.06. The molecule has 4 rings (SSSR count). The average Bonchev–Trinajstić information content (AvgIpc) is 3.45. The van der Waals surface area contributed by atoms with Crippen LogP contribution in [0, 0.1) is 17.0 Å². The van der Waals surface area contributed by atoms with Gasteiger partial charge < -0.3 is 0 Å². The van der Waals surface area contributed by atoms with Gasteiger partial charge in [-0.1, -0.05) is 18.6 Å². The van der Waals surface area contributed by atoms with Crippen molar-refractivity contribution in [2.24, 2.45) is 0 Å². The Labute approximate surface area is 192 Å². The molecule has 3 heterocycles. The first kappa shape index (κ1) is 22.5. The summed E-state index contributed by atoms with van der Waals surface area (Å²) < 4.78 is 27.5. The minimum Gasteiger partial charge on any atom is -0.297 e. The van der Waals surface area contributed by atoms with Crippen LogP contribution in [0.2, 0.25) is 0 Å². The highest BCUT2D eigenvalue weighted by Gasteiger charge is 2.31. The molecule has 1 saturated heterocycles. The Kier molecular flexibility index (Phi) is 6.38. The molecular formula is C20H20N4O5S3. The normalized spacial score (nSPS) is 14.9. The molecule has 0 bridgehead atoms. The van der Waals surface area contributed by atoms with E-state index < -0.39 is 20.9 Å². The molecule has 168 valence electrons. The van der Waals surface area contributed by atoms with Crippen LogP contribution in [0.3, 0.4) is 0 Å². The van der Waals surface area contributed by atoms with Crippen molar-refractivity contribution in [3.8, 4) is 11.3 Å². The van der Waals surface area contributed by atoms with Gasteiger partial charge in [-0.25, -0.2) is 13.4 Å². The Morgan fingerprint density at radius 1 is 1.19 bits per heavy atom. The van der Waals surface area contributed by atoms with E-state index in [9.17, 15) is 23.3 Å². The maximum Gasteiger partial charge on any atom is 0.272 e. The van der Waals surface area contributed by atoms with Gasteiger partial charge in [0.05, 0.1) is 10.6 Å². The molecule has 0 aliphatic carbocycles. The van der Waals surface area contributed by atoms with Gasteiger partial charge >= 0.3 is 0 Å². The third kappa shape index (κ3) is 4.44. The molecule has 0 spiro atoms. The van der Waals surface area contributed by atoms with Crippen LogP contribution >= 0.6 is 22.7 Å². The summed E-state index contributed by atoms with van der Waals surface area (Å²) in [5.41, 5.74) is 1.58. The van der Waals surface area contributed by atoms with Gasteiger partial charge in [0.15, 0.2) is 5.13 Å². The molecule has 3 aromatic rings. The molecule has 32 heavy (non-hydrogen) atoms. The van der Waals surface area contributed by atoms with Gasteiger partial charge in [0, 0.05) is 35.7 Å². The molecule has 1 amide bonds. The summed E-state index contributed by atoms with van der Waals surface area (Å²) >= 11 is 2.22. The minimum atomic E-state index is -3.74. The topological polar surface area (TPSA) is 123 Å². The smallest absolute Gasteiger partial charge is 0.272 e. The number of hydrogen-bond donors (Lipinski definition) is 1. The lowest BCUT2D eigenvalue weighted by atomic mass is 10.1. The molecule has 0 atom stereocenters. The maximum absolute atomic E-state index is 13.0. The molecule has 0 unspecified atom stereocenters. The Morgan fingerprint density at radius 3 is 2.66 bits per heavy atom. The van der Waals surface area contributed by atoms with Crippen LogP contribution in [-0.2, 0) is 10.0 Å². The monoisotopic (exact) mass is 492 g/mol. The molecule has 12 heteroatoms. The standard InChI is InChI=1S/C20H20N4O5S3/c1-13-5-6-14(11-16(13)24(26)27)15-12-31-20(21-15)22-19(25)18-17(7-10-30-18)32(28,29)23-8-3-2-4-9-23/h5-7,10-12H,2-4,8-9H2,1H3,(H,21,22,25). The Bertz CT molecular complexity index is 1280. The summed E-state index contributed by atoms with van der Waals surface area (Å²) in [6.45, 7) is 2.57. The van der Waals surface area contributed by atoms with Crippen molar-refractivity contribution >= 4 is 49.4 Å². The highest BCUT2D eigenvalue weighted by atomic mass is 32.2. The van der Waals surface area contributed by atoms with E-state index >= 15 is 0 Å². The molecule has 0 saturated carbocycles. The number of thiazole rings is 1. The van der Waals surface area contributed by atoms with Crippen molar-refractivity contribution in [2.75, 3.05) is 18.4 Å². The van der Waals surface area contributed by atoms with Crippen LogP contribution in [0.1, 0.15) is 34.5 Å². The van der Waals surface area contributed by atoms with E-state index in [2.05, 4.69) is 10.3 Å². The number of sulfonamides is 1. The predicted molar refractivity (Wildman–Crippen MR) is 124 cm³/mol. The lowest BCUT2D eigenvalue weighted by molar-refractivity contribution is -0.385. The van der Waals surface area contributed by atoms with E-state index in [0.717, 1.165) is 41.9 Å². The van der Waals surface area contributed by atoms with Crippen molar-refractivity contribution in [3.05, 3.63) is 55.6 Å². The number of aryl methyl sites for hydroxylation is 1. The third-order valence-electron chi connectivity index (χ3n) is 5.19. The third-order valence-corrected chi connectivity index (χ3v) is 8.94. The highest BCUT2D eigenvalue weighted by molar-refractivity contribution is 7.89. The molecule has 1 fully saturated rings. The van der Waals surface area contributed by atoms with E-state index in [-0.39, 0.29) is 20.6 Å². The SMILES string of the molecule is Cc1ccc(-c2csc(NC(=O)c3sccc3S(=O)(=O)N3CCCCC3)n2)cc1[N+](=O)[O-]. The Hall–Kier alpha value is -2.67. The minimum absolute atomic E-state index is 0.00719. The largest absolute Gasteiger partial charge is 0.297 e. The van der Waals surface area contributed by atoms with Crippen molar-refractivity contribution < 1.29 is 18.1 Å². The van der Waals surface area contributed by atoms with Crippen molar-refractivity contribution in [1.29, 1.82) is 0 Å². The molecule has 1 aliphatic rings. The number of hydrogen-bond acceptors (Lipinski definition) is 8. The molecule has 1 aromatic carbocycles. The van der Waals surface area contributed by atoms with Gasteiger partial charge in [0.1, 0.15) is 9.77 Å². The number of anilines is 1. The summed E-state index contributed by atoms with van der Waals surface area (Å²) in [5, 5.41) is 17.4. The second-order valence-corrected chi connectivity index (χ2v) is 11.0. The Morgan fingerprint density at radius 2 is 1.94 bits per heavy atom.